The molecular formula is C7H9NO2. The second kappa shape index (κ2) is 5.83. The molecule has 0 N–H and O–H groups in total. The van der Waals surface area contributed by atoms with E-state index in [4.69, 9.17) is 5.26 Å². The maximum absolute atomic E-state index is 10.4. The van der Waals surface area contributed by atoms with Crippen molar-refractivity contribution in [3.05, 3.63) is 12.2 Å². The Bertz CT molecular complexity index is 167. The van der Waals surface area contributed by atoms with E-state index in [1.54, 1.807) is 6.08 Å². The van der Waals surface area contributed by atoms with E-state index < -0.39 is 0 Å². The number of carbonyl (C=O) groups is 1. The molecule has 54 valence electrons. The summed E-state index contributed by atoms with van der Waals surface area (Å²) in [5.41, 5.74) is 0. The van der Waals surface area contributed by atoms with Gasteiger partial charge in [-0.15, -0.1) is 0 Å². The molecule has 0 atom stereocenters. The fraction of sp³-hybridized carbons (Fsp3) is 0.429. The molecule has 0 heterocycles. The molecule has 0 spiro atoms. The molecule has 0 saturated heterocycles. The van der Waals surface area contributed by atoms with Crippen molar-refractivity contribution in [2.24, 2.45) is 0 Å². The highest BCUT2D eigenvalue weighted by Gasteiger charge is 1.87. The van der Waals surface area contributed by atoms with E-state index in [0.717, 1.165) is 0 Å². The summed E-state index contributed by atoms with van der Waals surface area (Å²) in [4.78, 5) is 10.4. The van der Waals surface area contributed by atoms with Gasteiger partial charge >= 0.3 is 5.97 Å². The van der Waals surface area contributed by atoms with Crippen molar-refractivity contribution in [2.75, 3.05) is 7.11 Å². The maximum atomic E-state index is 10.4. The van der Waals surface area contributed by atoms with Gasteiger partial charge in [0, 0.05) is 12.5 Å². The summed E-state index contributed by atoms with van der Waals surface area (Å²) in [5.74, 6) is -0.377. The van der Waals surface area contributed by atoms with Crippen LogP contribution in [0.4, 0.5) is 0 Å². The lowest BCUT2D eigenvalue weighted by Gasteiger charge is -1.87. The Kier molecular flexibility index (Phi) is 5.07. The lowest BCUT2D eigenvalue weighted by Crippen LogP contribution is -1.93. The van der Waals surface area contributed by atoms with E-state index in [-0.39, 0.29) is 5.97 Å². The van der Waals surface area contributed by atoms with Gasteiger partial charge in [-0.25, -0.2) is 4.79 Å². The number of methoxy groups -OCH3 is 1. The molecule has 0 aliphatic rings. The SMILES string of the molecule is COC(=O)C=CCCC#N. The predicted molar refractivity (Wildman–Crippen MR) is 36.0 cm³/mol. The quantitative estimate of drug-likeness (QED) is 0.333. The van der Waals surface area contributed by atoms with Crippen LogP contribution in [0.5, 0.6) is 0 Å². The van der Waals surface area contributed by atoms with Crippen molar-refractivity contribution in [3.63, 3.8) is 0 Å². The molecule has 0 unspecified atom stereocenters. The van der Waals surface area contributed by atoms with E-state index in [1.165, 1.54) is 13.2 Å². The van der Waals surface area contributed by atoms with Crippen molar-refractivity contribution in [1.82, 2.24) is 0 Å². The molecule has 0 aromatic carbocycles. The Balaban J connectivity index is 3.38. The minimum absolute atomic E-state index is 0.377. The Hall–Kier alpha value is -1.30. The van der Waals surface area contributed by atoms with Crippen LogP contribution in [0.25, 0.3) is 0 Å². The zero-order chi connectivity index (χ0) is 7.82. The third-order valence-corrected chi connectivity index (χ3v) is 0.878. The summed E-state index contributed by atoms with van der Waals surface area (Å²) in [6.45, 7) is 0. The molecule has 10 heavy (non-hydrogen) atoms. The Morgan fingerprint density at radius 2 is 2.50 bits per heavy atom. The van der Waals surface area contributed by atoms with Crippen molar-refractivity contribution in [2.45, 2.75) is 12.8 Å². The van der Waals surface area contributed by atoms with Crippen molar-refractivity contribution < 1.29 is 9.53 Å². The number of nitrogens with zero attached hydrogens (tertiary/aromatic N) is 1. The molecule has 0 amide bonds. The molecule has 0 aliphatic heterocycles. The van der Waals surface area contributed by atoms with Crippen LogP contribution in [-0.4, -0.2) is 13.1 Å². The lowest BCUT2D eigenvalue weighted by molar-refractivity contribution is -0.134. The minimum atomic E-state index is -0.377. The van der Waals surface area contributed by atoms with Gasteiger partial charge in [0.1, 0.15) is 0 Å². The third kappa shape index (κ3) is 4.85. The molecule has 0 saturated carbocycles. The molecule has 3 nitrogen and oxygen atoms in total. The second-order valence-electron chi connectivity index (χ2n) is 1.62. The standard InChI is InChI=1S/C7H9NO2/c1-10-7(9)5-3-2-4-6-8/h3,5H,2,4H2,1H3. The predicted octanol–water partition coefficient (Wildman–Crippen LogP) is 1.02. The average Bonchev–Trinajstić information content (AvgIpc) is 1.98. The minimum Gasteiger partial charge on any atom is -0.466 e. The summed E-state index contributed by atoms with van der Waals surface area (Å²) in [5, 5.41) is 8.09. The van der Waals surface area contributed by atoms with Gasteiger partial charge in [0.25, 0.3) is 0 Å². The van der Waals surface area contributed by atoms with Crippen LogP contribution in [0, 0.1) is 11.3 Å². The van der Waals surface area contributed by atoms with Gasteiger partial charge in [0.2, 0.25) is 0 Å². The normalized spacial score (nSPS) is 9.20. The van der Waals surface area contributed by atoms with Crippen molar-refractivity contribution >= 4 is 5.97 Å². The number of nitriles is 1. The summed E-state index contributed by atoms with van der Waals surface area (Å²) >= 11 is 0. The number of unbranched alkanes of at least 4 members (excludes halogenated alkanes) is 1. The maximum Gasteiger partial charge on any atom is 0.330 e. The first-order valence-electron chi connectivity index (χ1n) is 2.92. The van der Waals surface area contributed by atoms with Crippen LogP contribution in [0.1, 0.15) is 12.8 Å². The van der Waals surface area contributed by atoms with Crippen molar-refractivity contribution in [1.29, 1.82) is 5.26 Å². The van der Waals surface area contributed by atoms with E-state index in [1.807, 2.05) is 6.07 Å². The van der Waals surface area contributed by atoms with Crippen LogP contribution in [-0.2, 0) is 9.53 Å². The first-order chi connectivity index (χ1) is 4.81. The fourth-order valence-corrected chi connectivity index (χ4v) is 0.395. The third-order valence-electron chi connectivity index (χ3n) is 0.878. The first kappa shape index (κ1) is 8.70. The van der Waals surface area contributed by atoms with Gasteiger partial charge in [-0.05, 0) is 6.42 Å². The Morgan fingerprint density at radius 1 is 1.80 bits per heavy atom. The topological polar surface area (TPSA) is 50.1 Å². The van der Waals surface area contributed by atoms with Gasteiger partial charge < -0.3 is 4.74 Å². The highest BCUT2D eigenvalue weighted by molar-refractivity contribution is 5.81. The van der Waals surface area contributed by atoms with Gasteiger partial charge in [-0.1, -0.05) is 6.08 Å². The van der Waals surface area contributed by atoms with Gasteiger partial charge in [-0.3, -0.25) is 0 Å². The molecule has 3 heteroatoms. The average molecular weight is 139 g/mol. The summed E-state index contributed by atoms with van der Waals surface area (Å²) in [7, 11) is 1.32. The van der Waals surface area contributed by atoms with Gasteiger partial charge in [0.15, 0.2) is 0 Å². The zero-order valence-electron chi connectivity index (χ0n) is 5.83. The van der Waals surface area contributed by atoms with Crippen LogP contribution in [0.15, 0.2) is 12.2 Å². The summed E-state index contributed by atoms with van der Waals surface area (Å²) in [6.07, 6.45) is 3.98. The van der Waals surface area contributed by atoms with E-state index >= 15 is 0 Å². The molecular weight excluding hydrogens is 130 g/mol. The van der Waals surface area contributed by atoms with Crippen LogP contribution < -0.4 is 0 Å². The van der Waals surface area contributed by atoms with Crippen LogP contribution in [0.2, 0.25) is 0 Å². The largest absolute Gasteiger partial charge is 0.466 e. The monoisotopic (exact) mass is 139 g/mol. The van der Waals surface area contributed by atoms with E-state index in [2.05, 4.69) is 4.74 Å². The van der Waals surface area contributed by atoms with Gasteiger partial charge in [-0.2, -0.15) is 5.26 Å². The molecule has 0 aromatic rings. The van der Waals surface area contributed by atoms with E-state index in [0.29, 0.717) is 12.8 Å². The number of rotatable bonds is 3. The molecule has 0 rings (SSSR count). The molecule has 0 aliphatic carbocycles. The van der Waals surface area contributed by atoms with Crippen molar-refractivity contribution in [3.8, 4) is 6.07 Å². The van der Waals surface area contributed by atoms with E-state index in [9.17, 15) is 4.79 Å². The zero-order valence-corrected chi connectivity index (χ0v) is 5.83. The number of esters is 1. The van der Waals surface area contributed by atoms with Crippen LogP contribution >= 0.6 is 0 Å². The van der Waals surface area contributed by atoms with Gasteiger partial charge in [0.05, 0.1) is 13.2 Å². The fourth-order valence-electron chi connectivity index (χ4n) is 0.395. The number of hydrogen-bond donors (Lipinski definition) is 0. The highest BCUT2D eigenvalue weighted by Crippen LogP contribution is 1.88. The number of hydrogen-bond acceptors (Lipinski definition) is 3. The Labute approximate surface area is 59.9 Å². The molecule has 0 fully saturated rings. The number of allylic oxidation sites excluding steroid dienone is 1. The Morgan fingerprint density at radius 3 is 3.00 bits per heavy atom. The molecule has 0 bridgehead atoms. The summed E-state index contributed by atoms with van der Waals surface area (Å²) < 4.78 is 4.32. The number of ether oxygens (including phenoxy) is 1. The first-order valence-corrected chi connectivity index (χ1v) is 2.92. The molecule has 0 aromatic heterocycles. The lowest BCUT2D eigenvalue weighted by atomic mass is 10.3. The molecule has 0 radical (unpaired) electrons. The van der Waals surface area contributed by atoms with Crippen LogP contribution in [0.3, 0.4) is 0 Å². The highest BCUT2D eigenvalue weighted by atomic mass is 16.5. The number of carbonyl (C=O) groups excluding carboxylic acids is 1. The second-order valence-corrected chi connectivity index (χ2v) is 1.62. The summed E-state index contributed by atoms with van der Waals surface area (Å²) in [6, 6.07) is 1.96. The smallest absolute Gasteiger partial charge is 0.330 e.